The van der Waals surface area contributed by atoms with Gasteiger partial charge in [-0.15, -0.1) is 0 Å². The summed E-state index contributed by atoms with van der Waals surface area (Å²) in [5.41, 5.74) is -0.472. The Morgan fingerprint density at radius 1 is 0.800 bits per heavy atom. The molecule has 0 radical (unpaired) electrons. The number of carbonyl (C=O) groups excluding carboxylic acids is 1. The van der Waals surface area contributed by atoms with Crippen LogP contribution in [-0.4, -0.2) is 82.2 Å². The van der Waals surface area contributed by atoms with Crippen molar-refractivity contribution in [2.75, 3.05) is 59.4 Å². The Labute approximate surface area is 148 Å². The lowest BCUT2D eigenvalue weighted by molar-refractivity contribution is -0.156. The van der Waals surface area contributed by atoms with Gasteiger partial charge in [0.2, 0.25) is 0 Å². The van der Waals surface area contributed by atoms with Gasteiger partial charge in [-0.1, -0.05) is 0 Å². The van der Waals surface area contributed by atoms with Crippen molar-refractivity contribution in [2.45, 2.75) is 32.8 Å². The second-order valence-corrected chi connectivity index (χ2v) is 6.02. The van der Waals surface area contributed by atoms with Crippen LogP contribution in [0.2, 0.25) is 0 Å². The van der Waals surface area contributed by atoms with Crippen molar-refractivity contribution in [3.63, 3.8) is 0 Å². The van der Waals surface area contributed by atoms with E-state index >= 15 is 0 Å². The number of carboxylic acid groups (broad SMARTS) is 1. The molecule has 2 N–H and O–H groups in total. The van der Waals surface area contributed by atoms with Crippen molar-refractivity contribution in [1.29, 1.82) is 0 Å². The van der Waals surface area contributed by atoms with E-state index in [1.165, 1.54) is 0 Å². The van der Waals surface area contributed by atoms with E-state index in [0.29, 0.717) is 52.9 Å². The molecule has 0 atom stereocenters. The summed E-state index contributed by atoms with van der Waals surface area (Å²) >= 11 is 0. The minimum atomic E-state index is -1.06. The second kappa shape index (κ2) is 14.9. The van der Waals surface area contributed by atoms with Crippen LogP contribution in [0.25, 0.3) is 0 Å². The Bertz CT molecular complexity index is 357. The Hall–Kier alpha value is -1.42. The van der Waals surface area contributed by atoms with Crippen LogP contribution in [0.15, 0.2) is 0 Å². The van der Waals surface area contributed by atoms with Crippen LogP contribution in [0, 0.1) is 0 Å². The number of nitrogens with one attached hydrogen (secondary N) is 1. The van der Waals surface area contributed by atoms with Gasteiger partial charge in [-0.2, -0.15) is 0 Å². The normalized spacial score (nSPS) is 11.3. The quantitative estimate of drug-likeness (QED) is 0.327. The van der Waals surface area contributed by atoms with Gasteiger partial charge >= 0.3 is 12.1 Å². The van der Waals surface area contributed by atoms with Gasteiger partial charge in [-0.25, -0.2) is 4.79 Å². The molecule has 0 saturated carbocycles. The highest BCUT2D eigenvalue weighted by molar-refractivity contribution is 5.69. The van der Waals surface area contributed by atoms with Gasteiger partial charge < -0.3 is 34.1 Å². The van der Waals surface area contributed by atoms with Crippen LogP contribution >= 0.6 is 0 Å². The van der Waals surface area contributed by atoms with Gasteiger partial charge in [0.05, 0.1) is 59.3 Å². The molecule has 0 unspecified atom stereocenters. The number of hydrogen-bond donors (Lipinski definition) is 2. The van der Waals surface area contributed by atoms with E-state index in [1.54, 1.807) is 0 Å². The third-order valence-corrected chi connectivity index (χ3v) is 2.51. The van der Waals surface area contributed by atoms with Gasteiger partial charge in [0.15, 0.2) is 0 Å². The fourth-order valence-corrected chi connectivity index (χ4v) is 1.54. The standard InChI is InChI=1S/C16H31NO8/c1-16(2,3)25-14(18)4-6-21-8-10-23-12-13-24-11-9-22-7-5-17-15(19)20/h17H,4-13H2,1-3H3,(H,19,20). The van der Waals surface area contributed by atoms with Crippen LogP contribution in [0.1, 0.15) is 27.2 Å². The summed E-state index contributed by atoms with van der Waals surface area (Å²) in [7, 11) is 0. The maximum Gasteiger partial charge on any atom is 0.404 e. The van der Waals surface area contributed by atoms with E-state index in [1.807, 2.05) is 20.8 Å². The molecule has 0 aromatic rings. The van der Waals surface area contributed by atoms with Crippen molar-refractivity contribution in [1.82, 2.24) is 5.32 Å². The van der Waals surface area contributed by atoms with Gasteiger partial charge in [0.1, 0.15) is 5.60 Å². The third kappa shape index (κ3) is 20.5. The summed E-state index contributed by atoms with van der Waals surface area (Å²) < 4.78 is 26.2. The average molecular weight is 365 g/mol. The second-order valence-electron chi connectivity index (χ2n) is 6.02. The van der Waals surface area contributed by atoms with Crippen molar-refractivity contribution < 1.29 is 38.4 Å². The van der Waals surface area contributed by atoms with E-state index in [4.69, 9.17) is 28.8 Å². The van der Waals surface area contributed by atoms with E-state index < -0.39 is 11.7 Å². The number of esters is 1. The van der Waals surface area contributed by atoms with Gasteiger partial charge in [0, 0.05) is 6.54 Å². The van der Waals surface area contributed by atoms with Gasteiger partial charge in [-0.05, 0) is 20.8 Å². The lowest BCUT2D eigenvalue weighted by Crippen LogP contribution is -2.25. The summed E-state index contributed by atoms with van der Waals surface area (Å²) in [6, 6.07) is 0. The molecule has 0 aliphatic carbocycles. The van der Waals surface area contributed by atoms with Gasteiger partial charge in [-0.3, -0.25) is 4.79 Å². The monoisotopic (exact) mass is 365 g/mol. The van der Waals surface area contributed by atoms with Crippen LogP contribution in [0.5, 0.6) is 0 Å². The highest BCUT2D eigenvalue weighted by Gasteiger charge is 2.15. The molecule has 9 heteroatoms. The fraction of sp³-hybridized carbons (Fsp3) is 0.875. The van der Waals surface area contributed by atoms with Crippen molar-refractivity contribution >= 4 is 12.1 Å². The maximum atomic E-state index is 11.4. The zero-order valence-electron chi connectivity index (χ0n) is 15.4. The molecule has 1 amide bonds. The lowest BCUT2D eigenvalue weighted by atomic mass is 10.2. The third-order valence-electron chi connectivity index (χ3n) is 2.51. The minimum Gasteiger partial charge on any atom is -0.465 e. The SMILES string of the molecule is CC(C)(C)OC(=O)CCOCCOCCOCCOCCNC(=O)O. The lowest BCUT2D eigenvalue weighted by Gasteiger charge is -2.19. The van der Waals surface area contributed by atoms with Gasteiger partial charge in [0.25, 0.3) is 0 Å². The van der Waals surface area contributed by atoms with Crippen molar-refractivity contribution in [3.8, 4) is 0 Å². The molecule has 0 spiro atoms. The molecule has 148 valence electrons. The molecular formula is C16H31NO8. The number of rotatable bonds is 15. The molecule has 9 nitrogen and oxygen atoms in total. The fourth-order valence-electron chi connectivity index (χ4n) is 1.54. The average Bonchev–Trinajstić information content (AvgIpc) is 2.49. The van der Waals surface area contributed by atoms with Crippen molar-refractivity contribution in [2.24, 2.45) is 0 Å². The van der Waals surface area contributed by atoms with Crippen LogP contribution in [0.4, 0.5) is 4.79 Å². The van der Waals surface area contributed by atoms with E-state index in [9.17, 15) is 9.59 Å². The molecule has 0 bridgehead atoms. The molecule has 0 aromatic heterocycles. The highest BCUT2D eigenvalue weighted by Crippen LogP contribution is 2.07. The van der Waals surface area contributed by atoms with Crippen LogP contribution in [-0.2, 0) is 28.5 Å². The first kappa shape index (κ1) is 23.6. The van der Waals surface area contributed by atoms with E-state index in [0.717, 1.165) is 0 Å². The molecule has 0 aromatic carbocycles. The van der Waals surface area contributed by atoms with Crippen LogP contribution in [0.3, 0.4) is 0 Å². The largest absolute Gasteiger partial charge is 0.465 e. The summed E-state index contributed by atoms with van der Waals surface area (Å²) in [5.74, 6) is -0.275. The molecule has 0 aliphatic heterocycles. The predicted molar refractivity (Wildman–Crippen MR) is 89.8 cm³/mol. The number of ether oxygens (including phenoxy) is 5. The Balaban J connectivity index is 3.17. The van der Waals surface area contributed by atoms with Crippen molar-refractivity contribution in [3.05, 3.63) is 0 Å². The molecule has 0 rings (SSSR count). The summed E-state index contributed by atoms with van der Waals surface area (Å²) in [4.78, 5) is 21.6. The summed E-state index contributed by atoms with van der Waals surface area (Å²) in [5, 5.41) is 10.5. The van der Waals surface area contributed by atoms with Crippen LogP contribution < -0.4 is 5.32 Å². The molecule has 0 fully saturated rings. The predicted octanol–water partition coefficient (Wildman–Crippen LogP) is 1.05. The van der Waals surface area contributed by atoms with E-state index in [-0.39, 0.29) is 18.9 Å². The number of amides is 1. The van der Waals surface area contributed by atoms with E-state index in [2.05, 4.69) is 5.32 Å². The Morgan fingerprint density at radius 2 is 1.24 bits per heavy atom. The number of carbonyl (C=O) groups is 2. The molecule has 0 aliphatic rings. The molecule has 0 heterocycles. The zero-order valence-corrected chi connectivity index (χ0v) is 15.4. The molecule has 0 saturated heterocycles. The first-order chi connectivity index (χ1) is 11.8. The highest BCUT2D eigenvalue weighted by atomic mass is 16.6. The summed E-state index contributed by atoms with van der Waals surface area (Å²) in [6.45, 7) is 8.88. The molecule has 25 heavy (non-hydrogen) atoms. The maximum absolute atomic E-state index is 11.4. The zero-order chi connectivity index (χ0) is 19.0. The summed E-state index contributed by atoms with van der Waals surface area (Å²) in [6.07, 6.45) is -0.839. The smallest absolute Gasteiger partial charge is 0.404 e. The Morgan fingerprint density at radius 3 is 1.68 bits per heavy atom. The Kier molecular flexibility index (Phi) is 14.0. The topological polar surface area (TPSA) is 113 Å². The first-order valence-electron chi connectivity index (χ1n) is 8.31. The molecular weight excluding hydrogens is 334 g/mol. The minimum absolute atomic E-state index is 0.225. The first-order valence-corrected chi connectivity index (χ1v) is 8.31. The number of hydrogen-bond acceptors (Lipinski definition) is 7.